The third-order valence-electron chi connectivity index (χ3n) is 4.54. The highest BCUT2D eigenvalue weighted by atomic mass is 32.2. The molecule has 1 aliphatic rings. The monoisotopic (exact) mass is 348 g/mol. The molecule has 3 aromatic carbocycles. The number of benzene rings is 3. The van der Waals surface area contributed by atoms with Crippen LogP contribution in [0.3, 0.4) is 0 Å². The second kappa shape index (κ2) is 5.74. The number of furan rings is 1. The van der Waals surface area contributed by atoms with Gasteiger partial charge in [-0.1, -0.05) is 30.3 Å². The van der Waals surface area contributed by atoms with Crippen LogP contribution in [0.5, 0.6) is 11.5 Å². The molecule has 4 heteroatoms. The van der Waals surface area contributed by atoms with E-state index >= 15 is 0 Å². The van der Waals surface area contributed by atoms with Crippen molar-refractivity contribution < 1.29 is 13.9 Å². The first-order valence-electron chi connectivity index (χ1n) is 8.23. The van der Waals surface area contributed by atoms with Gasteiger partial charge in [0.25, 0.3) is 0 Å². The van der Waals surface area contributed by atoms with Gasteiger partial charge >= 0.3 is 0 Å². The molecule has 0 saturated heterocycles. The van der Waals surface area contributed by atoms with Gasteiger partial charge in [-0.2, -0.15) is 0 Å². The first kappa shape index (κ1) is 14.7. The van der Waals surface area contributed by atoms with Crippen molar-refractivity contribution in [3.05, 3.63) is 54.6 Å². The van der Waals surface area contributed by atoms with Gasteiger partial charge in [0.1, 0.15) is 24.6 Å². The molecule has 2 heterocycles. The van der Waals surface area contributed by atoms with Gasteiger partial charge in [0, 0.05) is 10.9 Å². The summed E-state index contributed by atoms with van der Waals surface area (Å²) in [6, 6.07) is 18.6. The second-order valence-electron chi connectivity index (χ2n) is 5.98. The molecule has 4 aromatic rings. The van der Waals surface area contributed by atoms with Gasteiger partial charge in [-0.3, -0.25) is 0 Å². The van der Waals surface area contributed by atoms with Crippen molar-refractivity contribution in [2.45, 2.75) is 4.90 Å². The molecule has 0 atom stereocenters. The molecule has 3 nitrogen and oxygen atoms in total. The summed E-state index contributed by atoms with van der Waals surface area (Å²) in [6.45, 7) is 1.18. The number of hydrogen-bond donors (Lipinski definition) is 0. The van der Waals surface area contributed by atoms with Crippen molar-refractivity contribution in [3.8, 4) is 22.8 Å². The van der Waals surface area contributed by atoms with Crippen LogP contribution >= 0.6 is 11.8 Å². The minimum absolute atomic E-state index is 0.580. The zero-order valence-corrected chi connectivity index (χ0v) is 14.6. The molecule has 0 aliphatic carbocycles. The molecule has 0 N–H and O–H groups in total. The Morgan fingerprint density at radius 3 is 2.60 bits per heavy atom. The van der Waals surface area contributed by atoms with Crippen molar-refractivity contribution in [2.75, 3.05) is 19.5 Å². The summed E-state index contributed by atoms with van der Waals surface area (Å²) in [5.74, 6) is 2.46. The third-order valence-corrected chi connectivity index (χ3v) is 5.34. The van der Waals surface area contributed by atoms with E-state index in [0.717, 1.165) is 33.3 Å². The maximum atomic E-state index is 6.26. The fourth-order valence-corrected chi connectivity index (χ4v) is 4.17. The van der Waals surface area contributed by atoms with Crippen LogP contribution in [0.15, 0.2) is 63.9 Å². The molecular weight excluding hydrogens is 332 g/mol. The lowest BCUT2D eigenvalue weighted by Crippen LogP contribution is -2.15. The first-order valence-corrected chi connectivity index (χ1v) is 9.46. The van der Waals surface area contributed by atoms with E-state index in [1.165, 1.54) is 16.2 Å². The maximum Gasteiger partial charge on any atom is 0.162 e. The Kier molecular flexibility index (Phi) is 3.38. The van der Waals surface area contributed by atoms with Gasteiger partial charge in [0.15, 0.2) is 11.5 Å². The van der Waals surface area contributed by atoms with Crippen molar-refractivity contribution in [2.24, 2.45) is 0 Å². The van der Waals surface area contributed by atoms with Gasteiger partial charge in [-0.15, -0.1) is 11.8 Å². The van der Waals surface area contributed by atoms with E-state index in [1.54, 1.807) is 11.8 Å². The average molecular weight is 348 g/mol. The Morgan fingerprint density at radius 1 is 0.880 bits per heavy atom. The standard InChI is InChI=1S/C21H16O3S/c1-25-21-19-15-5-3-2-4-13(15)6-9-17(19)24-20(21)14-7-8-16-18(12-14)23-11-10-22-16/h2-9,12H,10-11H2,1H3. The summed E-state index contributed by atoms with van der Waals surface area (Å²) in [6.07, 6.45) is 2.09. The Morgan fingerprint density at radius 2 is 1.72 bits per heavy atom. The molecular formula is C21H16O3S. The highest BCUT2D eigenvalue weighted by Crippen LogP contribution is 2.44. The average Bonchev–Trinajstić information content (AvgIpc) is 3.06. The lowest BCUT2D eigenvalue weighted by Gasteiger charge is -2.18. The molecule has 124 valence electrons. The summed E-state index contributed by atoms with van der Waals surface area (Å²) in [5.41, 5.74) is 1.92. The molecule has 0 bridgehead atoms. The Hall–Kier alpha value is -2.59. The quantitative estimate of drug-likeness (QED) is 0.432. The first-order chi connectivity index (χ1) is 12.3. The van der Waals surface area contributed by atoms with E-state index in [4.69, 9.17) is 13.9 Å². The predicted molar refractivity (Wildman–Crippen MR) is 102 cm³/mol. The van der Waals surface area contributed by atoms with Crippen LogP contribution in [-0.4, -0.2) is 19.5 Å². The minimum atomic E-state index is 0.580. The normalized spacial score (nSPS) is 13.5. The van der Waals surface area contributed by atoms with Crippen molar-refractivity contribution in [1.82, 2.24) is 0 Å². The highest BCUT2D eigenvalue weighted by Gasteiger charge is 2.20. The summed E-state index contributed by atoms with van der Waals surface area (Å²) in [7, 11) is 0. The van der Waals surface area contributed by atoms with E-state index in [2.05, 4.69) is 42.7 Å². The molecule has 0 saturated carbocycles. The van der Waals surface area contributed by atoms with Crippen LogP contribution in [0.1, 0.15) is 0 Å². The summed E-state index contributed by atoms with van der Waals surface area (Å²) < 4.78 is 17.6. The number of fused-ring (bicyclic) bond motifs is 4. The van der Waals surface area contributed by atoms with Crippen LogP contribution in [0.2, 0.25) is 0 Å². The zero-order chi connectivity index (χ0) is 16.8. The van der Waals surface area contributed by atoms with Gasteiger partial charge in [0.2, 0.25) is 0 Å². The molecule has 0 amide bonds. The van der Waals surface area contributed by atoms with Crippen LogP contribution in [0.4, 0.5) is 0 Å². The zero-order valence-electron chi connectivity index (χ0n) is 13.7. The van der Waals surface area contributed by atoms with Crippen molar-refractivity contribution >= 4 is 33.5 Å². The molecule has 0 spiro atoms. The van der Waals surface area contributed by atoms with Gasteiger partial charge in [-0.25, -0.2) is 0 Å². The summed E-state index contributed by atoms with van der Waals surface area (Å²) >= 11 is 1.71. The van der Waals surface area contributed by atoms with Gasteiger partial charge in [-0.05, 0) is 41.3 Å². The van der Waals surface area contributed by atoms with Crippen LogP contribution in [0, 0.1) is 0 Å². The third kappa shape index (κ3) is 2.29. The molecule has 5 rings (SSSR count). The molecule has 1 aromatic heterocycles. The van der Waals surface area contributed by atoms with Gasteiger partial charge in [0.05, 0.1) is 4.90 Å². The maximum absolute atomic E-state index is 6.26. The smallest absolute Gasteiger partial charge is 0.162 e. The topological polar surface area (TPSA) is 31.6 Å². The predicted octanol–water partition coefficient (Wildman–Crippen LogP) is 5.75. The molecule has 0 fully saturated rings. The number of thioether (sulfide) groups is 1. The molecule has 25 heavy (non-hydrogen) atoms. The number of rotatable bonds is 2. The van der Waals surface area contributed by atoms with E-state index < -0.39 is 0 Å². The largest absolute Gasteiger partial charge is 0.486 e. The van der Waals surface area contributed by atoms with Crippen molar-refractivity contribution in [3.63, 3.8) is 0 Å². The van der Waals surface area contributed by atoms with Crippen LogP contribution < -0.4 is 9.47 Å². The fraction of sp³-hybridized carbons (Fsp3) is 0.143. The summed E-state index contributed by atoms with van der Waals surface area (Å²) in [5, 5.41) is 3.62. The highest BCUT2D eigenvalue weighted by molar-refractivity contribution is 7.99. The molecule has 0 unspecified atom stereocenters. The van der Waals surface area contributed by atoms with Gasteiger partial charge < -0.3 is 13.9 Å². The van der Waals surface area contributed by atoms with E-state index in [1.807, 2.05) is 18.2 Å². The Bertz CT molecular complexity index is 1100. The number of hydrogen-bond acceptors (Lipinski definition) is 4. The van der Waals surface area contributed by atoms with E-state index in [-0.39, 0.29) is 0 Å². The number of ether oxygens (including phenoxy) is 2. The minimum Gasteiger partial charge on any atom is -0.486 e. The molecule has 0 radical (unpaired) electrons. The molecule has 1 aliphatic heterocycles. The Balaban J connectivity index is 1.78. The lowest BCUT2D eigenvalue weighted by atomic mass is 10.1. The van der Waals surface area contributed by atoms with E-state index in [0.29, 0.717) is 13.2 Å². The second-order valence-corrected chi connectivity index (χ2v) is 6.80. The SMILES string of the molecule is CSc1c(-c2ccc3c(c2)OCCO3)oc2ccc3ccccc3c12. The van der Waals surface area contributed by atoms with Crippen LogP contribution in [-0.2, 0) is 0 Å². The van der Waals surface area contributed by atoms with Crippen LogP contribution in [0.25, 0.3) is 33.1 Å². The Labute approximate surface area is 149 Å². The lowest BCUT2D eigenvalue weighted by molar-refractivity contribution is 0.171. The fourth-order valence-electron chi connectivity index (χ4n) is 3.41. The van der Waals surface area contributed by atoms with E-state index in [9.17, 15) is 0 Å². The van der Waals surface area contributed by atoms with Crippen molar-refractivity contribution in [1.29, 1.82) is 0 Å². The summed E-state index contributed by atoms with van der Waals surface area (Å²) in [4.78, 5) is 1.16.